The molecule has 76 valence electrons. The summed E-state index contributed by atoms with van der Waals surface area (Å²) in [5.41, 5.74) is 8.72. The summed E-state index contributed by atoms with van der Waals surface area (Å²) in [7, 11) is 0. The summed E-state index contributed by atoms with van der Waals surface area (Å²) in [5.74, 6) is 0. The largest absolute Gasteiger partial charge is 0.396 e. The minimum Gasteiger partial charge on any atom is -0.396 e. The molecule has 1 aromatic rings. The molecule has 0 aliphatic heterocycles. The van der Waals surface area contributed by atoms with Crippen LogP contribution in [0.5, 0.6) is 0 Å². The Kier molecular flexibility index (Phi) is 2.57. The molecule has 0 amide bonds. The lowest BCUT2D eigenvalue weighted by Gasteiger charge is -2.14. The first kappa shape index (κ1) is 9.69. The minimum atomic E-state index is -0.0496. The van der Waals surface area contributed by atoms with E-state index in [4.69, 9.17) is 10.8 Å². The number of aliphatic hydroxyl groups excluding tert-OH is 1. The van der Waals surface area contributed by atoms with Crippen molar-refractivity contribution in [1.82, 2.24) is 0 Å². The number of aryl methyl sites for hydroxylation is 1. The lowest BCUT2D eigenvalue weighted by Crippen LogP contribution is -2.20. The molecule has 2 rings (SSSR count). The van der Waals surface area contributed by atoms with Crippen molar-refractivity contribution in [2.75, 3.05) is 6.61 Å². The van der Waals surface area contributed by atoms with E-state index < -0.39 is 0 Å². The highest BCUT2D eigenvalue weighted by Crippen LogP contribution is 2.44. The van der Waals surface area contributed by atoms with E-state index in [1.807, 2.05) is 12.1 Å². The van der Waals surface area contributed by atoms with Gasteiger partial charge in [0.15, 0.2) is 0 Å². The molecular formula is C12H17NO. The lowest BCUT2D eigenvalue weighted by atomic mass is 9.96. The van der Waals surface area contributed by atoms with E-state index >= 15 is 0 Å². The van der Waals surface area contributed by atoms with Crippen LogP contribution < -0.4 is 5.73 Å². The lowest BCUT2D eigenvalue weighted by molar-refractivity contribution is 0.288. The summed E-state index contributed by atoms with van der Waals surface area (Å²) >= 11 is 0. The van der Waals surface area contributed by atoms with Crippen molar-refractivity contribution in [2.45, 2.75) is 31.2 Å². The molecule has 14 heavy (non-hydrogen) atoms. The van der Waals surface area contributed by atoms with Gasteiger partial charge in [-0.05, 0) is 36.8 Å². The van der Waals surface area contributed by atoms with Crippen LogP contribution in [0.4, 0.5) is 0 Å². The van der Waals surface area contributed by atoms with Gasteiger partial charge in [0, 0.05) is 12.1 Å². The highest BCUT2D eigenvalue weighted by molar-refractivity contribution is 5.37. The molecule has 0 radical (unpaired) electrons. The predicted molar refractivity (Wildman–Crippen MR) is 56.9 cm³/mol. The first-order chi connectivity index (χ1) is 6.76. The van der Waals surface area contributed by atoms with Crippen LogP contribution in [0.15, 0.2) is 24.3 Å². The molecule has 1 aliphatic carbocycles. The Hall–Kier alpha value is -0.860. The zero-order valence-electron chi connectivity index (χ0n) is 8.37. The Morgan fingerprint density at radius 2 is 2.00 bits per heavy atom. The summed E-state index contributed by atoms with van der Waals surface area (Å²) in [4.78, 5) is 0. The SMILES string of the molecule is NC1(c2ccccc2CCCO)CC1. The van der Waals surface area contributed by atoms with Crippen molar-refractivity contribution in [1.29, 1.82) is 0 Å². The van der Waals surface area contributed by atoms with E-state index in [2.05, 4.69) is 12.1 Å². The Morgan fingerprint density at radius 1 is 1.29 bits per heavy atom. The van der Waals surface area contributed by atoms with Gasteiger partial charge in [0.25, 0.3) is 0 Å². The Labute approximate surface area is 84.7 Å². The van der Waals surface area contributed by atoms with Gasteiger partial charge in [-0.25, -0.2) is 0 Å². The van der Waals surface area contributed by atoms with E-state index in [1.54, 1.807) is 0 Å². The van der Waals surface area contributed by atoms with Gasteiger partial charge in [0.05, 0.1) is 0 Å². The molecular weight excluding hydrogens is 174 g/mol. The summed E-state index contributed by atoms with van der Waals surface area (Å²) in [6.07, 6.45) is 3.96. The second-order valence-corrected chi connectivity index (χ2v) is 4.14. The fraction of sp³-hybridized carbons (Fsp3) is 0.500. The van der Waals surface area contributed by atoms with Gasteiger partial charge in [0.2, 0.25) is 0 Å². The summed E-state index contributed by atoms with van der Waals surface area (Å²) < 4.78 is 0. The molecule has 2 heteroatoms. The Balaban J connectivity index is 2.20. The zero-order chi connectivity index (χ0) is 10.0. The van der Waals surface area contributed by atoms with Gasteiger partial charge < -0.3 is 10.8 Å². The van der Waals surface area contributed by atoms with Gasteiger partial charge in [-0.1, -0.05) is 24.3 Å². The monoisotopic (exact) mass is 191 g/mol. The highest BCUT2D eigenvalue weighted by atomic mass is 16.2. The fourth-order valence-electron chi connectivity index (χ4n) is 1.90. The van der Waals surface area contributed by atoms with Crippen LogP contribution in [0.2, 0.25) is 0 Å². The number of nitrogens with two attached hydrogens (primary N) is 1. The second-order valence-electron chi connectivity index (χ2n) is 4.14. The van der Waals surface area contributed by atoms with Crippen LogP contribution in [0.25, 0.3) is 0 Å². The Bertz CT molecular complexity index is 318. The maximum Gasteiger partial charge on any atom is 0.0434 e. The molecule has 0 aromatic heterocycles. The zero-order valence-corrected chi connectivity index (χ0v) is 8.37. The fourth-order valence-corrected chi connectivity index (χ4v) is 1.90. The van der Waals surface area contributed by atoms with Gasteiger partial charge in [-0.15, -0.1) is 0 Å². The van der Waals surface area contributed by atoms with E-state index in [0.717, 1.165) is 25.7 Å². The van der Waals surface area contributed by atoms with Crippen LogP contribution in [-0.2, 0) is 12.0 Å². The Morgan fingerprint density at radius 3 is 2.64 bits per heavy atom. The summed E-state index contributed by atoms with van der Waals surface area (Å²) in [6, 6.07) is 8.34. The van der Waals surface area contributed by atoms with Crippen LogP contribution in [-0.4, -0.2) is 11.7 Å². The van der Waals surface area contributed by atoms with Crippen LogP contribution >= 0.6 is 0 Å². The third-order valence-electron chi connectivity index (χ3n) is 2.95. The second kappa shape index (κ2) is 3.71. The number of aliphatic hydroxyl groups is 1. The van der Waals surface area contributed by atoms with Crippen LogP contribution in [0.1, 0.15) is 30.4 Å². The standard InChI is InChI=1S/C12H17NO/c13-12(7-8-12)11-6-2-1-4-10(11)5-3-9-14/h1-2,4,6,14H,3,5,7-9,13H2. The van der Waals surface area contributed by atoms with E-state index in [-0.39, 0.29) is 12.1 Å². The van der Waals surface area contributed by atoms with Crippen molar-refractivity contribution in [3.05, 3.63) is 35.4 Å². The third-order valence-corrected chi connectivity index (χ3v) is 2.95. The quantitative estimate of drug-likeness (QED) is 0.758. The third kappa shape index (κ3) is 1.81. The predicted octanol–water partition coefficient (Wildman–Crippen LogP) is 1.56. The van der Waals surface area contributed by atoms with Gasteiger partial charge in [-0.2, -0.15) is 0 Å². The van der Waals surface area contributed by atoms with Crippen molar-refractivity contribution < 1.29 is 5.11 Å². The molecule has 1 fully saturated rings. The van der Waals surface area contributed by atoms with Crippen molar-refractivity contribution in [3.8, 4) is 0 Å². The van der Waals surface area contributed by atoms with Crippen molar-refractivity contribution >= 4 is 0 Å². The number of hydrogen-bond acceptors (Lipinski definition) is 2. The highest BCUT2D eigenvalue weighted by Gasteiger charge is 2.40. The van der Waals surface area contributed by atoms with Crippen molar-refractivity contribution in [3.63, 3.8) is 0 Å². The first-order valence-corrected chi connectivity index (χ1v) is 5.24. The first-order valence-electron chi connectivity index (χ1n) is 5.24. The molecule has 0 atom stereocenters. The molecule has 1 saturated carbocycles. The molecule has 0 bridgehead atoms. The molecule has 0 saturated heterocycles. The maximum absolute atomic E-state index is 8.81. The summed E-state index contributed by atoms with van der Waals surface area (Å²) in [6.45, 7) is 0.256. The normalized spacial score (nSPS) is 18.1. The smallest absolute Gasteiger partial charge is 0.0434 e. The minimum absolute atomic E-state index is 0.0496. The van der Waals surface area contributed by atoms with E-state index in [1.165, 1.54) is 11.1 Å². The molecule has 0 heterocycles. The average Bonchev–Trinajstić information content (AvgIpc) is 2.95. The molecule has 3 N–H and O–H groups in total. The van der Waals surface area contributed by atoms with Crippen LogP contribution in [0, 0.1) is 0 Å². The number of rotatable bonds is 4. The van der Waals surface area contributed by atoms with Gasteiger partial charge in [0.1, 0.15) is 0 Å². The molecule has 0 unspecified atom stereocenters. The van der Waals surface area contributed by atoms with Crippen LogP contribution in [0.3, 0.4) is 0 Å². The molecule has 1 aliphatic rings. The number of benzene rings is 1. The molecule has 0 spiro atoms. The summed E-state index contributed by atoms with van der Waals surface area (Å²) in [5, 5.41) is 8.81. The van der Waals surface area contributed by atoms with E-state index in [0.29, 0.717) is 0 Å². The van der Waals surface area contributed by atoms with E-state index in [9.17, 15) is 0 Å². The topological polar surface area (TPSA) is 46.2 Å². The molecule has 2 nitrogen and oxygen atoms in total. The maximum atomic E-state index is 8.81. The van der Waals surface area contributed by atoms with Crippen molar-refractivity contribution in [2.24, 2.45) is 5.73 Å². The number of hydrogen-bond donors (Lipinski definition) is 2. The van der Waals surface area contributed by atoms with Gasteiger partial charge >= 0.3 is 0 Å². The van der Waals surface area contributed by atoms with Gasteiger partial charge in [-0.3, -0.25) is 0 Å². The molecule has 1 aromatic carbocycles. The average molecular weight is 191 g/mol.